The second kappa shape index (κ2) is 8.10. The average molecular weight is 347 g/mol. The zero-order valence-electron chi connectivity index (χ0n) is 17.3. The number of hydrogen-bond acceptors (Lipinski definition) is 2. The maximum atomic E-state index is 12.5. The minimum absolute atomic E-state index is 0.00533. The third kappa shape index (κ3) is 5.21. The molecule has 0 N–H and O–H groups in total. The van der Waals surface area contributed by atoms with Gasteiger partial charge in [-0.15, -0.1) is 0 Å². The molecule has 2 rings (SSSR count). The standard InChI is InChI=1S/C23H38O2/c1-8-16(3)22(24)25-20-14-15(2)13-18-10-9-17(4)19(21(18)20)11-12-23(5,6)7/h9-10,13,15-17,19-21H,8,11-12,14H2,1-7H3/t15-,16-,17?,19-,20-,21-/m0/s1. The molecule has 0 saturated carbocycles. The van der Waals surface area contributed by atoms with Gasteiger partial charge in [0.1, 0.15) is 6.10 Å². The summed E-state index contributed by atoms with van der Waals surface area (Å²) in [4.78, 5) is 12.5. The molecule has 2 heteroatoms. The topological polar surface area (TPSA) is 26.3 Å². The number of esters is 1. The zero-order valence-corrected chi connectivity index (χ0v) is 17.3. The van der Waals surface area contributed by atoms with Gasteiger partial charge in [0, 0.05) is 5.92 Å². The van der Waals surface area contributed by atoms with Crippen LogP contribution in [-0.2, 0) is 9.53 Å². The van der Waals surface area contributed by atoms with Crippen molar-refractivity contribution in [2.75, 3.05) is 0 Å². The third-order valence-electron chi connectivity index (χ3n) is 6.11. The molecule has 2 aliphatic rings. The molecule has 0 amide bonds. The van der Waals surface area contributed by atoms with Crippen molar-refractivity contribution in [1.82, 2.24) is 0 Å². The first-order valence-electron chi connectivity index (χ1n) is 10.2. The van der Waals surface area contributed by atoms with E-state index in [1.165, 1.54) is 18.4 Å². The molecule has 0 aromatic heterocycles. The molecule has 0 heterocycles. The Kier molecular flexibility index (Phi) is 6.56. The molecule has 142 valence electrons. The van der Waals surface area contributed by atoms with Crippen LogP contribution in [0, 0.1) is 35.0 Å². The molecule has 1 unspecified atom stereocenters. The Labute approximate surface area is 155 Å². The molecule has 6 atom stereocenters. The third-order valence-corrected chi connectivity index (χ3v) is 6.11. The number of rotatable bonds is 5. The lowest BCUT2D eigenvalue weighted by Gasteiger charge is -2.43. The Morgan fingerprint density at radius 2 is 2.00 bits per heavy atom. The second-order valence-corrected chi connectivity index (χ2v) is 9.67. The normalized spacial score (nSPS) is 33.4. The van der Waals surface area contributed by atoms with Gasteiger partial charge in [0.2, 0.25) is 0 Å². The lowest BCUT2D eigenvalue weighted by Crippen LogP contribution is -2.41. The molecule has 0 fully saturated rings. The van der Waals surface area contributed by atoms with Crippen LogP contribution in [0.1, 0.15) is 74.1 Å². The first kappa shape index (κ1) is 20.3. The van der Waals surface area contributed by atoms with Crippen LogP contribution in [0.4, 0.5) is 0 Å². The van der Waals surface area contributed by atoms with Crippen LogP contribution in [0.25, 0.3) is 0 Å². The fraction of sp³-hybridized carbons (Fsp3) is 0.783. The Balaban J connectivity index is 2.23. The van der Waals surface area contributed by atoms with E-state index in [1.54, 1.807) is 0 Å². The number of fused-ring (bicyclic) bond motifs is 1. The lowest BCUT2D eigenvalue weighted by atomic mass is 9.64. The Morgan fingerprint density at radius 3 is 2.60 bits per heavy atom. The summed E-state index contributed by atoms with van der Waals surface area (Å²) in [5.41, 5.74) is 1.74. The lowest BCUT2D eigenvalue weighted by molar-refractivity contribution is -0.158. The second-order valence-electron chi connectivity index (χ2n) is 9.67. The van der Waals surface area contributed by atoms with Gasteiger partial charge in [-0.1, -0.05) is 66.7 Å². The molecule has 0 bridgehead atoms. The van der Waals surface area contributed by atoms with Gasteiger partial charge in [-0.25, -0.2) is 0 Å². The van der Waals surface area contributed by atoms with Crippen molar-refractivity contribution in [2.45, 2.75) is 80.3 Å². The first-order valence-corrected chi connectivity index (χ1v) is 10.2. The van der Waals surface area contributed by atoms with Gasteiger partial charge >= 0.3 is 5.97 Å². The van der Waals surface area contributed by atoms with Crippen LogP contribution < -0.4 is 0 Å². The minimum Gasteiger partial charge on any atom is -0.461 e. The van der Waals surface area contributed by atoms with Crippen molar-refractivity contribution in [3.8, 4) is 0 Å². The number of ether oxygens (including phenoxy) is 1. The van der Waals surface area contributed by atoms with Gasteiger partial charge in [-0.3, -0.25) is 4.79 Å². The SMILES string of the molecule is CC[C@H](C)C(=O)O[C@H]1C[C@@H](C)C=C2C=CC(C)[C@H](CCC(C)(C)C)[C@H]21. The first-order chi connectivity index (χ1) is 11.6. The fourth-order valence-electron chi connectivity index (χ4n) is 4.25. The molecule has 0 radical (unpaired) electrons. The Morgan fingerprint density at radius 1 is 1.32 bits per heavy atom. The van der Waals surface area contributed by atoms with E-state index in [-0.39, 0.29) is 18.0 Å². The Bertz CT molecular complexity index is 523. The summed E-state index contributed by atoms with van der Waals surface area (Å²) in [6.07, 6.45) is 11.3. The molecule has 0 aromatic rings. The predicted molar refractivity (Wildman–Crippen MR) is 105 cm³/mol. The van der Waals surface area contributed by atoms with Crippen LogP contribution in [0.2, 0.25) is 0 Å². The summed E-state index contributed by atoms with van der Waals surface area (Å²) in [7, 11) is 0. The van der Waals surface area contributed by atoms with Crippen LogP contribution in [0.3, 0.4) is 0 Å². The molecule has 0 spiro atoms. The van der Waals surface area contributed by atoms with E-state index in [1.807, 2.05) is 6.92 Å². The highest BCUT2D eigenvalue weighted by Crippen LogP contribution is 2.45. The van der Waals surface area contributed by atoms with E-state index in [4.69, 9.17) is 4.74 Å². The van der Waals surface area contributed by atoms with Crippen LogP contribution in [-0.4, -0.2) is 12.1 Å². The van der Waals surface area contributed by atoms with Crippen molar-refractivity contribution >= 4 is 5.97 Å². The van der Waals surface area contributed by atoms with E-state index in [0.717, 1.165) is 12.8 Å². The van der Waals surface area contributed by atoms with E-state index >= 15 is 0 Å². The quantitative estimate of drug-likeness (QED) is 0.556. The van der Waals surface area contributed by atoms with Gasteiger partial charge in [0.25, 0.3) is 0 Å². The van der Waals surface area contributed by atoms with Crippen molar-refractivity contribution in [1.29, 1.82) is 0 Å². The smallest absolute Gasteiger partial charge is 0.308 e. The zero-order chi connectivity index (χ0) is 18.8. The molecule has 0 aromatic carbocycles. The molecule has 0 saturated heterocycles. The van der Waals surface area contributed by atoms with Crippen LogP contribution in [0.5, 0.6) is 0 Å². The van der Waals surface area contributed by atoms with E-state index < -0.39 is 0 Å². The highest BCUT2D eigenvalue weighted by molar-refractivity contribution is 5.72. The summed E-state index contributed by atoms with van der Waals surface area (Å²) in [5.74, 6) is 1.93. The number of carbonyl (C=O) groups is 1. The monoisotopic (exact) mass is 346 g/mol. The van der Waals surface area contributed by atoms with Crippen LogP contribution >= 0.6 is 0 Å². The molecular weight excluding hydrogens is 308 g/mol. The molecule has 0 aliphatic heterocycles. The maximum Gasteiger partial charge on any atom is 0.308 e. The largest absolute Gasteiger partial charge is 0.461 e. The highest BCUT2D eigenvalue weighted by Gasteiger charge is 2.41. The number of carbonyl (C=O) groups excluding carboxylic acids is 1. The molecule has 2 nitrogen and oxygen atoms in total. The molecule has 25 heavy (non-hydrogen) atoms. The maximum absolute atomic E-state index is 12.5. The minimum atomic E-state index is -0.0160. The number of allylic oxidation sites excluding steroid dienone is 3. The molecule has 2 aliphatic carbocycles. The van der Waals surface area contributed by atoms with Crippen molar-refractivity contribution in [3.05, 3.63) is 23.8 Å². The van der Waals surface area contributed by atoms with E-state index in [2.05, 4.69) is 59.8 Å². The summed E-state index contributed by atoms with van der Waals surface area (Å²) >= 11 is 0. The molecular formula is C23H38O2. The van der Waals surface area contributed by atoms with Gasteiger partial charge in [-0.2, -0.15) is 0 Å². The van der Waals surface area contributed by atoms with Gasteiger partial charge in [0.15, 0.2) is 0 Å². The van der Waals surface area contributed by atoms with E-state index in [0.29, 0.717) is 29.1 Å². The van der Waals surface area contributed by atoms with Crippen molar-refractivity contribution < 1.29 is 9.53 Å². The average Bonchev–Trinajstić information content (AvgIpc) is 2.52. The summed E-state index contributed by atoms with van der Waals surface area (Å²) < 4.78 is 6.08. The van der Waals surface area contributed by atoms with E-state index in [9.17, 15) is 4.79 Å². The summed E-state index contributed by atoms with van der Waals surface area (Å²) in [5, 5.41) is 0. The summed E-state index contributed by atoms with van der Waals surface area (Å²) in [6.45, 7) is 15.5. The highest BCUT2D eigenvalue weighted by atomic mass is 16.5. The predicted octanol–water partition coefficient (Wildman–Crippen LogP) is 6.18. The summed E-state index contributed by atoms with van der Waals surface area (Å²) in [6, 6.07) is 0. The van der Waals surface area contributed by atoms with Gasteiger partial charge in [-0.05, 0) is 54.4 Å². The van der Waals surface area contributed by atoms with Gasteiger partial charge < -0.3 is 4.74 Å². The number of hydrogen-bond donors (Lipinski definition) is 0. The fourth-order valence-corrected chi connectivity index (χ4v) is 4.25. The van der Waals surface area contributed by atoms with Gasteiger partial charge in [0.05, 0.1) is 5.92 Å². The van der Waals surface area contributed by atoms with Crippen molar-refractivity contribution in [2.24, 2.45) is 35.0 Å². The van der Waals surface area contributed by atoms with Crippen LogP contribution in [0.15, 0.2) is 23.8 Å². The Hall–Kier alpha value is -1.05. The van der Waals surface area contributed by atoms with Crippen molar-refractivity contribution in [3.63, 3.8) is 0 Å².